The molecule has 0 fully saturated rings. The molecule has 0 unspecified atom stereocenters. The molecular weight excluding hydrogens is 278 g/mol. The van der Waals surface area contributed by atoms with Gasteiger partial charge in [0.25, 0.3) is 0 Å². The third-order valence-corrected chi connectivity index (χ3v) is 4.06. The van der Waals surface area contributed by atoms with Gasteiger partial charge in [-0.3, -0.25) is 0 Å². The van der Waals surface area contributed by atoms with Crippen molar-refractivity contribution in [3.63, 3.8) is 0 Å². The summed E-state index contributed by atoms with van der Waals surface area (Å²) in [7, 11) is -2.42. The van der Waals surface area contributed by atoms with Gasteiger partial charge < -0.3 is 4.74 Å². The van der Waals surface area contributed by atoms with Gasteiger partial charge >= 0.3 is 5.97 Å². The molecule has 0 aromatic heterocycles. The molecule has 0 atom stereocenters. The average Bonchev–Trinajstić information content (AvgIpc) is 2.36. The Morgan fingerprint density at radius 3 is 2.67 bits per heavy atom. The standard InChI is InChI=1S/C11H14ClNO4S/c1-3-6-17-11(14)8-4-5-9(12)10(7-8)18(15,16)13-2/h4-5,7,13H,3,6H2,1-2H3. The van der Waals surface area contributed by atoms with Crippen LogP contribution in [-0.4, -0.2) is 28.0 Å². The maximum absolute atomic E-state index is 11.7. The predicted octanol–water partition coefficient (Wildman–Crippen LogP) is 1.81. The first-order valence-corrected chi connectivity index (χ1v) is 7.18. The highest BCUT2D eigenvalue weighted by molar-refractivity contribution is 7.89. The molecule has 1 aromatic rings. The first kappa shape index (κ1) is 14.9. The summed E-state index contributed by atoms with van der Waals surface area (Å²) in [6.45, 7) is 2.15. The van der Waals surface area contributed by atoms with E-state index in [2.05, 4.69) is 4.72 Å². The molecule has 1 rings (SSSR count). The second-order valence-electron chi connectivity index (χ2n) is 3.49. The largest absolute Gasteiger partial charge is 0.462 e. The van der Waals surface area contributed by atoms with E-state index in [1.54, 1.807) is 0 Å². The zero-order chi connectivity index (χ0) is 13.8. The normalized spacial score (nSPS) is 11.3. The summed E-state index contributed by atoms with van der Waals surface area (Å²) < 4.78 is 30.4. The van der Waals surface area contributed by atoms with Gasteiger partial charge in [-0.25, -0.2) is 17.9 Å². The summed E-state index contributed by atoms with van der Waals surface area (Å²) in [5.74, 6) is -0.568. The summed E-state index contributed by atoms with van der Waals surface area (Å²) in [6.07, 6.45) is 0.695. The molecule has 0 amide bonds. The van der Waals surface area contributed by atoms with E-state index in [9.17, 15) is 13.2 Å². The van der Waals surface area contributed by atoms with E-state index in [0.29, 0.717) is 6.42 Å². The van der Waals surface area contributed by atoms with Gasteiger partial charge in [0.2, 0.25) is 10.0 Å². The lowest BCUT2D eigenvalue weighted by Gasteiger charge is -2.08. The molecule has 1 aromatic carbocycles. The predicted molar refractivity (Wildman–Crippen MR) is 68.3 cm³/mol. The van der Waals surface area contributed by atoms with Gasteiger partial charge in [0.05, 0.1) is 17.2 Å². The van der Waals surface area contributed by atoms with Crippen LogP contribution in [0, 0.1) is 0 Å². The molecule has 0 radical (unpaired) electrons. The zero-order valence-corrected chi connectivity index (χ0v) is 11.6. The summed E-state index contributed by atoms with van der Waals surface area (Å²) in [4.78, 5) is 11.5. The fraction of sp³-hybridized carbons (Fsp3) is 0.364. The molecule has 1 N–H and O–H groups in total. The van der Waals surface area contributed by atoms with E-state index in [1.807, 2.05) is 6.92 Å². The van der Waals surface area contributed by atoms with Gasteiger partial charge in [0.15, 0.2) is 0 Å². The van der Waals surface area contributed by atoms with E-state index in [4.69, 9.17) is 16.3 Å². The van der Waals surface area contributed by atoms with Crippen molar-refractivity contribution in [1.82, 2.24) is 4.72 Å². The molecule has 0 saturated heterocycles. The van der Waals surface area contributed by atoms with Crippen molar-refractivity contribution in [2.75, 3.05) is 13.7 Å². The van der Waals surface area contributed by atoms with Crippen LogP contribution in [-0.2, 0) is 14.8 Å². The van der Waals surface area contributed by atoms with Crippen molar-refractivity contribution >= 4 is 27.6 Å². The SMILES string of the molecule is CCCOC(=O)c1ccc(Cl)c(S(=O)(=O)NC)c1. The monoisotopic (exact) mass is 291 g/mol. The molecule has 0 saturated carbocycles. The van der Waals surface area contributed by atoms with Gasteiger partial charge in [-0.1, -0.05) is 18.5 Å². The second-order valence-corrected chi connectivity index (χ2v) is 5.75. The summed E-state index contributed by atoms with van der Waals surface area (Å²) in [6, 6.07) is 3.98. The van der Waals surface area contributed by atoms with Crippen molar-refractivity contribution < 1.29 is 17.9 Å². The number of nitrogens with one attached hydrogen (secondary N) is 1. The van der Waals surface area contributed by atoms with E-state index in [0.717, 1.165) is 0 Å². The number of benzene rings is 1. The van der Waals surface area contributed by atoms with Crippen molar-refractivity contribution in [1.29, 1.82) is 0 Å². The number of carbonyl (C=O) groups is 1. The molecule has 0 heterocycles. The fourth-order valence-corrected chi connectivity index (χ4v) is 2.47. The Morgan fingerprint density at radius 1 is 1.44 bits per heavy atom. The number of ether oxygens (including phenoxy) is 1. The third kappa shape index (κ3) is 3.44. The number of halogens is 1. The van der Waals surface area contributed by atoms with Crippen LogP contribution in [0.4, 0.5) is 0 Å². The molecule has 5 nitrogen and oxygen atoms in total. The first-order chi connectivity index (χ1) is 8.42. The average molecular weight is 292 g/mol. The maximum atomic E-state index is 11.7. The highest BCUT2D eigenvalue weighted by atomic mass is 35.5. The summed E-state index contributed by atoms with van der Waals surface area (Å²) in [5.41, 5.74) is 0.154. The van der Waals surface area contributed by atoms with Crippen LogP contribution in [0.25, 0.3) is 0 Å². The minimum absolute atomic E-state index is 0.0522. The maximum Gasteiger partial charge on any atom is 0.338 e. The summed E-state index contributed by atoms with van der Waals surface area (Å²) in [5, 5.41) is 0.0522. The van der Waals surface area contributed by atoms with Crippen LogP contribution >= 0.6 is 11.6 Å². The second kappa shape index (κ2) is 6.17. The molecule has 0 aliphatic heterocycles. The Labute approximate surface area is 111 Å². The number of carbonyl (C=O) groups excluding carboxylic acids is 1. The van der Waals surface area contributed by atoms with Crippen molar-refractivity contribution in [3.8, 4) is 0 Å². The lowest BCUT2D eigenvalue weighted by molar-refractivity contribution is 0.0505. The highest BCUT2D eigenvalue weighted by Gasteiger charge is 2.18. The third-order valence-electron chi connectivity index (χ3n) is 2.16. The van der Waals surface area contributed by atoms with Crippen LogP contribution in [0.1, 0.15) is 23.7 Å². The number of esters is 1. The molecular formula is C11H14ClNO4S. The van der Waals surface area contributed by atoms with Crippen LogP contribution in [0.5, 0.6) is 0 Å². The van der Waals surface area contributed by atoms with Crippen molar-refractivity contribution in [2.45, 2.75) is 18.2 Å². The van der Waals surface area contributed by atoms with E-state index in [1.165, 1.54) is 25.2 Å². The lowest BCUT2D eigenvalue weighted by atomic mass is 10.2. The summed E-state index contributed by atoms with van der Waals surface area (Å²) >= 11 is 5.80. The van der Waals surface area contributed by atoms with Gasteiger partial charge in [-0.15, -0.1) is 0 Å². The van der Waals surface area contributed by atoms with E-state index in [-0.39, 0.29) is 22.1 Å². The fourth-order valence-electron chi connectivity index (χ4n) is 1.22. The van der Waals surface area contributed by atoms with Crippen LogP contribution in [0.2, 0.25) is 5.02 Å². The Balaban J connectivity index is 3.13. The number of sulfonamides is 1. The lowest BCUT2D eigenvalue weighted by Crippen LogP contribution is -2.19. The van der Waals surface area contributed by atoms with Gasteiger partial charge in [-0.2, -0.15) is 0 Å². The van der Waals surface area contributed by atoms with Crippen LogP contribution < -0.4 is 4.72 Å². The Hall–Kier alpha value is -1.11. The van der Waals surface area contributed by atoms with Crippen LogP contribution in [0.15, 0.2) is 23.1 Å². The molecule has 0 spiro atoms. The number of hydrogen-bond acceptors (Lipinski definition) is 4. The Kier molecular flexibility index (Phi) is 5.13. The van der Waals surface area contributed by atoms with Crippen molar-refractivity contribution in [2.24, 2.45) is 0 Å². The van der Waals surface area contributed by atoms with Gasteiger partial charge in [-0.05, 0) is 31.7 Å². The Morgan fingerprint density at radius 2 is 2.11 bits per heavy atom. The molecule has 0 aliphatic rings. The molecule has 100 valence electrons. The van der Waals surface area contributed by atoms with Crippen LogP contribution in [0.3, 0.4) is 0 Å². The molecule has 18 heavy (non-hydrogen) atoms. The smallest absolute Gasteiger partial charge is 0.338 e. The number of rotatable bonds is 5. The minimum Gasteiger partial charge on any atom is -0.462 e. The minimum atomic E-state index is -3.70. The van der Waals surface area contributed by atoms with Gasteiger partial charge in [0, 0.05) is 0 Å². The molecule has 7 heteroatoms. The number of hydrogen-bond donors (Lipinski definition) is 1. The zero-order valence-electron chi connectivity index (χ0n) is 10.1. The highest BCUT2D eigenvalue weighted by Crippen LogP contribution is 2.22. The molecule has 0 bridgehead atoms. The first-order valence-electron chi connectivity index (χ1n) is 5.32. The van der Waals surface area contributed by atoms with E-state index >= 15 is 0 Å². The Bertz CT molecular complexity index is 542. The van der Waals surface area contributed by atoms with Gasteiger partial charge in [0.1, 0.15) is 4.90 Å². The van der Waals surface area contributed by atoms with Crippen molar-refractivity contribution in [3.05, 3.63) is 28.8 Å². The topological polar surface area (TPSA) is 72.5 Å². The quantitative estimate of drug-likeness (QED) is 0.840. The van der Waals surface area contributed by atoms with E-state index < -0.39 is 16.0 Å². The molecule has 0 aliphatic carbocycles.